The van der Waals surface area contributed by atoms with Gasteiger partial charge in [0.05, 0.1) is 21.8 Å². The summed E-state index contributed by atoms with van der Waals surface area (Å²) >= 11 is 1.10. The number of hydrogen-bond acceptors (Lipinski definition) is 7. The topological polar surface area (TPSA) is 92.6 Å². The molecule has 1 amide bonds. The number of aliphatic hydroxyl groups is 1. The standard InChI is InChI=1S/C26H18FN3O4S/c1-13-9-16-10-14(4-7-19(16)34-13)23(31)21-22(15-3-2-8-28-12-15)30(25(33)24(21)32)26-29-18-6-5-17(27)11-20(18)35-26/h2-8,10-13,22,31H,9H2,1H3/t13-,22+/m0/s1. The van der Waals surface area contributed by atoms with Crippen LogP contribution in [-0.4, -0.2) is 32.9 Å². The molecule has 0 saturated carbocycles. The Kier molecular flexibility index (Phi) is 4.89. The number of pyridine rings is 1. The third-order valence-electron chi connectivity index (χ3n) is 6.16. The quantitative estimate of drug-likeness (QED) is 0.254. The highest BCUT2D eigenvalue weighted by Crippen LogP contribution is 2.44. The first-order chi connectivity index (χ1) is 16.9. The van der Waals surface area contributed by atoms with E-state index in [1.165, 1.54) is 23.1 Å². The molecular weight excluding hydrogens is 469 g/mol. The Morgan fingerprint density at radius 3 is 2.86 bits per heavy atom. The van der Waals surface area contributed by atoms with Crippen LogP contribution in [0.5, 0.6) is 5.75 Å². The summed E-state index contributed by atoms with van der Waals surface area (Å²) in [4.78, 5) is 36.5. The first kappa shape index (κ1) is 21.4. The maximum atomic E-state index is 13.8. The lowest BCUT2D eigenvalue weighted by atomic mass is 9.95. The van der Waals surface area contributed by atoms with E-state index in [0.717, 1.165) is 22.6 Å². The summed E-state index contributed by atoms with van der Waals surface area (Å²) in [5.74, 6) is -1.62. The van der Waals surface area contributed by atoms with Gasteiger partial charge in [-0.2, -0.15) is 0 Å². The number of hydrogen-bond donors (Lipinski definition) is 1. The molecule has 35 heavy (non-hydrogen) atoms. The van der Waals surface area contributed by atoms with E-state index in [-0.39, 0.29) is 22.6 Å². The number of ketones is 1. The van der Waals surface area contributed by atoms with Crippen LogP contribution in [-0.2, 0) is 16.0 Å². The first-order valence-corrected chi connectivity index (χ1v) is 11.8. The largest absolute Gasteiger partial charge is 0.507 e. The molecule has 2 aliphatic rings. The molecule has 7 nitrogen and oxygen atoms in total. The van der Waals surface area contributed by atoms with Crippen molar-refractivity contribution in [2.24, 2.45) is 0 Å². The van der Waals surface area contributed by atoms with Gasteiger partial charge in [-0.1, -0.05) is 17.4 Å². The highest BCUT2D eigenvalue weighted by atomic mass is 32.1. The lowest BCUT2D eigenvalue weighted by Crippen LogP contribution is -2.29. The van der Waals surface area contributed by atoms with Crippen LogP contribution in [0, 0.1) is 5.82 Å². The van der Waals surface area contributed by atoms with Crippen molar-refractivity contribution in [1.29, 1.82) is 0 Å². The van der Waals surface area contributed by atoms with Crippen molar-refractivity contribution < 1.29 is 23.8 Å². The molecule has 1 fully saturated rings. The van der Waals surface area contributed by atoms with E-state index in [9.17, 15) is 19.1 Å². The summed E-state index contributed by atoms with van der Waals surface area (Å²) in [7, 11) is 0. The van der Waals surface area contributed by atoms with Gasteiger partial charge in [0.1, 0.15) is 23.4 Å². The minimum Gasteiger partial charge on any atom is -0.507 e. The molecule has 2 atom stereocenters. The van der Waals surface area contributed by atoms with Crippen molar-refractivity contribution in [3.8, 4) is 5.75 Å². The van der Waals surface area contributed by atoms with Crippen LogP contribution in [0.2, 0.25) is 0 Å². The second-order valence-electron chi connectivity index (χ2n) is 8.52. The number of anilines is 1. The average molecular weight is 488 g/mol. The SMILES string of the molecule is C[C@H]1Cc2cc(C(O)=C3C(=O)C(=O)N(c4nc5ccc(F)cc5s4)[C@@H]3c3cccnc3)ccc2O1. The number of nitrogens with zero attached hydrogens (tertiary/aromatic N) is 3. The summed E-state index contributed by atoms with van der Waals surface area (Å²) in [6.07, 6.45) is 3.83. The number of rotatable bonds is 3. The molecular formula is C26H18FN3O4S. The van der Waals surface area contributed by atoms with E-state index in [0.29, 0.717) is 27.8 Å². The van der Waals surface area contributed by atoms with E-state index in [2.05, 4.69) is 9.97 Å². The molecule has 1 saturated heterocycles. The minimum atomic E-state index is -0.947. The summed E-state index contributed by atoms with van der Waals surface area (Å²) in [6.45, 7) is 1.96. The smallest absolute Gasteiger partial charge is 0.301 e. The maximum absolute atomic E-state index is 13.8. The van der Waals surface area contributed by atoms with Gasteiger partial charge in [0.15, 0.2) is 5.13 Å². The van der Waals surface area contributed by atoms with Crippen molar-refractivity contribution in [3.63, 3.8) is 0 Å². The molecule has 0 spiro atoms. The zero-order valence-electron chi connectivity index (χ0n) is 18.4. The molecule has 6 rings (SSSR count). The molecule has 9 heteroatoms. The molecule has 0 bridgehead atoms. The molecule has 0 unspecified atom stereocenters. The summed E-state index contributed by atoms with van der Waals surface area (Å²) in [6, 6.07) is 11.8. The highest BCUT2D eigenvalue weighted by Gasteiger charge is 2.48. The van der Waals surface area contributed by atoms with E-state index >= 15 is 0 Å². The zero-order chi connectivity index (χ0) is 24.3. The first-order valence-electron chi connectivity index (χ1n) is 11.0. The van der Waals surface area contributed by atoms with Gasteiger partial charge >= 0.3 is 5.91 Å². The molecule has 4 aromatic rings. The van der Waals surface area contributed by atoms with Gasteiger partial charge in [-0.3, -0.25) is 19.5 Å². The number of thiazole rings is 1. The van der Waals surface area contributed by atoms with Gasteiger partial charge in [0.2, 0.25) is 0 Å². The molecule has 2 aromatic carbocycles. The van der Waals surface area contributed by atoms with Crippen molar-refractivity contribution in [2.75, 3.05) is 4.90 Å². The molecule has 0 aliphatic carbocycles. The molecule has 2 aromatic heterocycles. The number of Topliss-reactive ketones (excluding diaryl/α,β-unsaturated/α-hetero) is 1. The predicted molar refractivity (Wildman–Crippen MR) is 129 cm³/mol. The van der Waals surface area contributed by atoms with Gasteiger partial charge in [0, 0.05) is 24.4 Å². The molecule has 2 aliphatic heterocycles. The number of amides is 1. The second-order valence-corrected chi connectivity index (χ2v) is 9.53. The van der Waals surface area contributed by atoms with Gasteiger partial charge in [-0.05, 0) is 60.5 Å². The summed E-state index contributed by atoms with van der Waals surface area (Å²) in [5.41, 5.74) is 2.32. The van der Waals surface area contributed by atoms with Crippen LogP contribution in [0.3, 0.4) is 0 Å². The Hall–Kier alpha value is -4.11. The number of ether oxygens (including phenoxy) is 1. The van der Waals surface area contributed by atoms with Crippen LogP contribution in [0.4, 0.5) is 9.52 Å². The van der Waals surface area contributed by atoms with Gasteiger partial charge in [-0.25, -0.2) is 9.37 Å². The Morgan fingerprint density at radius 2 is 2.06 bits per heavy atom. The number of carbonyl (C=O) groups excluding carboxylic acids is 2. The normalized spacial score (nSPS) is 20.9. The van der Waals surface area contributed by atoms with E-state index < -0.39 is 23.5 Å². The zero-order valence-corrected chi connectivity index (χ0v) is 19.3. The van der Waals surface area contributed by atoms with E-state index in [1.54, 1.807) is 42.7 Å². The van der Waals surface area contributed by atoms with Crippen LogP contribution in [0.25, 0.3) is 16.0 Å². The van der Waals surface area contributed by atoms with Gasteiger partial charge in [0.25, 0.3) is 5.78 Å². The Morgan fingerprint density at radius 1 is 1.20 bits per heavy atom. The Labute approximate surface area is 203 Å². The second kappa shape index (κ2) is 7.99. The van der Waals surface area contributed by atoms with Crippen LogP contribution >= 0.6 is 11.3 Å². The third kappa shape index (κ3) is 3.47. The monoisotopic (exact) mass is 487 g/mol. The Bertz CT molecular complexity index is 1550. The fourth-order valence-corrected chi connectivity index (χ4v) is 5.61. The third-order valence-corrected chi connectivity index (χ3v) is 7.18. The maximum Gasteiger partial charge on any atom is 0.301 e. The molecule has 4 heterocycles. The Balaban J connectivity index is 1.53. The number of carbonyl (C=O) groups is 2. The van der Waals surface area contributed by atoms with Gasteiger partial charge < -0.3 is 9.84 Å². The molecule has 1 N–H and O–H groups in total. The van der Waals surface area contributed by atoms with E-state index in [1.807, 2.05) is 6.92 Å². The fraction of sp³-hybridized carbons (Fsp3) is 0.154. The lowest BCUT2D eigenvalue weighted by molar-refractivity contribution is -0.132. The van der Waals surface area contributed by atoms with Gasteiger partial charge in [-0.15, -0.1) is 0 Å². The van der Waals surface area contributed by atoms with Crippen LogP contribution in [0.1, 0.15) is 29.7 Å². The highest BCUT2D eigenvalue weighted by molar-refractivity contribution is 7.22. The van der Waals surface area contributed by atoms with E-state index in [4.69, 9.17) is 4.74 Å². The number of aliphatic hydroxyl groups excluding tert-OH is 1. The summed E-state index contributed by atoms with van der Waals surface area (Å²) in [5, 5.41) is 11.6. The lowest BCUT2D eigenvalue weighted by Gasteiger charge is -2.22. The number of fused-ring (bicyclic) bond motifs is 2. The van der Waals surface area contributed by atoms with Crippen LogP contribution in [0.15, 0.2) is 66.5 Å². The minimum absolute atomic E-state index is 0.0206. The number of aromatic nitrogens is 2. The number of benzene rings is 2. The molecule has 0 radical (unpaired) electrons. The fourth-order valence-electron chi connectivity index (χ4n) is 4.60. The van der Waals surface area contributed by atoms with Crippen molar-refractivity contribution in [3.05, 3.63) is 89.0 Å². The summed E-state index contributed by atoms with van der Waals surface area (Å²) < 4.78 is 20.0. The van der Waals surface area contributed by atoms with Crippen molar-refractivity contribution >= 4 is 44.1 Å². The van der Waals surface area contributed by atoms with Crippen molar-refractivity contribution in [2.45, 2.75) is 25.5 Å². The average Bonchev–Trinajstić information content (AvgIpc) is 3.51. The number of halogens is 1. The predicted octanol–water partition coefficient (Wildman–Crippen LogP) is 4.78. The molecule has 174 valence electrons. The van der Waals surface area contributed by atoms with Crippen LogP contribution < -0.4 is 9.64 Å². The van der Waals surface area contributed by atoms with Crippen molar-refractivity contribution in [1.82, 2.24) is 9.97 Å².